The van der Waals surface area contributed by atoms with E-state index < -0.39 is 47.5 Å². The van der Waals surface area contributed by atoms with Gasteiger partial charge < -0.3 is 9.47 Å². The Hall–Kier alpha value is -2.40. The van der Waals surface area contributed by atoms with E-state index in [0.29, 0.717) is 18.2 Å². The van der Waals surface area contributed by atoms with Gasteiger partial charge in [-0.05, 0) is 12.1 Å². The number of hydrogen-bond acceptors (Lipinski definition) is 2. The molecule has 0 saturated heterocycles. The molecule has 2 nitrogen and oxygen atoms in total. The third kappa shape index (κ3) is 4.80. The van der Waals surface area contributed by atoms with E-state index in [1.165, 1.54) is 0 Å². The van der Waals surface area contributed by atoms with Crippen molar-refractivity contribution in [2.24, 2.45) is 0 Å². The first-order valence-electron chi connectivity index (χ1n) is 5.53. The third-order valence-electron chi connectivity index (χ3n) is 2.14. The number of rotatable bonds is 6. The van der Waals surface area contributed by atoms with Gasteiger partial charge >= 0.3 is 24.4 Å². The molecule has 0 heterocycles. The molecule has 0 atom stereocenters. The molecule has 0 spiro atoms. The summed E-state index contributed by atoms with van der Waals surface area (Å²) in [7, 11) is 0. The number of ether oxygens (including phenoxy) is 2. The van der Waals surface area contributed by atoms with Crippen LogP contribution in [0.15, 0.2) is 48.1 Å². The van der Waals surface area contributed by atoms with Crippen LogP contribution in [0.4, 0.5) is 43.9 Å². The monoisotopic (exact) mass is 370 g/mol. The van der Waals surface area contributed by atoms with Crippen molar-refractivity contribution < 1.29 is 53.4 Å². The van der Waals surface area contributed by atoms with E-state index in [-0.39, 0.29) is 6.07 Å². The Kier molecular flexibility index (Phi) is 5.74. The van der Waals surface area contributed by atoms with Crippen molar-refractivity contribution in [3.05, 3.63) is 48.1 Å². The quantitative estimate of drug-likeness (QED) is 0.591. The molecule has 24 heavy (non-hydrogen) atoms. The smallest absolute Gasteiger partial charge is 0.427 e. The molecule has 1 aromatic rings. The Labute approximate surface area is 126 Å². The molecule has 0 aliphatic rings. The first-order valence-corrected chi connectivity index (χ1v) is 5.53. The van der Waals surface area contributed by atoms with Crippen LogP contribution < -0.4 is 9.47 Å². The summed E-state index contributed by atoms with van der Waals surface area (Å²) in [6, 6.07) is 2.08. The Morgan fingerprint density at radius 3 is 1.29 bits per heavy atom. The van der Waals surface area contributed by atoms with Crippen LogP contribution in [0.2, 0.25) is 0 Å². The van der Waals surface area contributed by atoms with Crippen LogP contribution >= 0.6 is 0 Å². The SMILES string of the molecule is FC(F)=C(F)C(F)(F)Oc1cccc(OC(F)(F)C(F)=C(F)F)c1. The van der Waals surface area contributed by atoms with Crippen LogP contribution in [-0.4, -0.2) is 12.2 Å². The highest BCUT2D eigenvalue weighted by molar-refractivity contribution is 5.34. The Morgan fingerprint density at radius 2 is 1.00 bits per heavy atom. The van der Waals surface area contributed by atoms with Gasteiger partial charge in [0.25, 0.3) is 11.7 Å². The van der Waals surface area contributed by atoms with Crippen molar-refractivity contribution in [2.45, 2.75) is 12.2 Å². The molecule has 0 bridgehead atoms. The van der Waals surface area contributed by atoms with Gasteiger partial charge in [0.2, 0.25) is 0 Å². The summed E-state index contributed by atoms with van der Waals surface area (Å²) >= 11 is 0. The van der Waals surface area contributed by atoms with E-state index in [4.69, 9.17) is 0 Å². The van der Waals surface area contributed by atoms with Crippen molar-refractivity contribution in [1.29, 1.82) is 0 Å². The average Bonchev–Trinajstić information content (AvgIpc) is 2.44. The van der Waals surface area contributed by atoms with Gasteiger partial charge in [0.15, 0.2) is 0 Å². The maximum absolute atomic E-state index is 13.0. The van der Waals surface area contributed by atoms with Gasteiger partial charge in [-0.3, -0.25) is 0 Å². The lowest BCUT2D eigenvalue weighted by Gasteiger charge is -2.18. The minimum Gasteiger partial charge on any atom is -0.427 e. The van der Waals surface area contributed by atoms with Crippen LogP contribution in [0.25, 0.3) is 0 Å². The highest BCUT2D eigenvalue weighted by Crippen LogP contribution is 2.36. The zero-order valence-corrected chi connectivity index (χ0v) is 10.9. The Balaban J connectivity index is 3.04. The van der Waals surface area contributed by atoms with Crippen molar-refractivity contribution in [3.63, 3.8) is 0 Å². The standard InChI is InChI=1S/C12H4F10O2/c13-7(9(15)16)11(19,20)23-5-2-1-3-6(4-5)24-12(21,22)8(14)10(17)18/h1-4H. The first-order chi connectivity index (χ1) is 10.9. The van der Waals surface area contributed by atoms with Gasteiger partial charge in [-0.15, -0.1) is 0 Å². The summed E-state index contributed by atoms with van der Waals surface area (Å²) in [5, 5.41) is 0. The van der Waals surface area contributed by atoms with E-state index in [1.54, 1.807) is 0 Å². The van der Waals surface area contributed by atoms with E-state index in [9.17, 15) is 43.9 Å². The van der Waals surface area contributed by atoms with Crippen molar-refractivity contribution >= 4 is 0 Å². The van der Waals surface area contributed by atoms with Crippen molar-refractivity contribution in [1.82, 2.24) is 0 Å². The predicted octanol–water partition coefficient (Wildman–Crippen LogP) is 5.79. The normalized spacial score (nSPS) is 11.8. The molecule has 0 radical (unpaired) electrons. The van der Waals surface area contributed by atoms with Gasteiger partial charge in [-0.2, -0.15) is 43.9 Å². The molecule has 0 saturated carbocycles. The lowest BCUT2D eigenvalue weighted by molar-refractivity contribution is -0.163. The Morgan fingerprint density at radius 1 is 0.667 bits per heavy atom. The van der Waals surface area contributed by atoms with Crippen LogP contribution in [0.3, 0.4) is 0 Å². The number of halogens is 10. The fourth-order valence-corrected chi connectivity index (χ4v) is 1.21. The fourth-order valence-electron chi connectivity index (χ4n) is 1.21. The summed E-state index contributed by atoms with van der Waals surface area (Å²) in [6.07, 6.45) is -17.1. The first kappa shape index (κ1) is 19.6. The molecule has 0 amide bonds. The zero-order valence-electron chi connectivity index (χ0n) is 10.9. The van der Waals surface area contributed by atoms with Crippen LogP contribution in [0.5, 0.6) is 11.5 Å². The molecule has 0 aromatic heterocycles. The summed E-state index contributed by atoms with van der Waals surface area (Å²) in [5.41, 5.74) is 0. The predicted molar refractivity (Wildman–Crippen MR) is 58.3 cm³/mol. The molecule has 0 fully saturated rings. The van der Waals surface area contributed by atoms with Crippen LogP contribution in [0, 0.1) is 0 Å². The van der Waals surface area contributed by atoms with Crippen molar-refractivity contribution in [3.8, 4) is 11.5 Å². The zero-order chi connectivity index (χ0) is 18.7. The molecule has 1 rings (SSSR count). The van der Waals surface area contributed by atoms with Gasteiger partial charge in [0, 0.05) is 6.07 Å². The topological polar surface area (TPSA) is 18.5 Å². The highest BCUT2D eigenvalue weighted by atomic mass is 19.3. The second-order valence-corrected chi connectivity index (χ2v) is 3.86. The maximum Gasteiger partial charge on any atom is 0.459 e. The summed E-state index contributed by atoms with van der Waals surface area (Å²) in [5.74, 6) is -8.75. The fraction of sp³-hybridized carbons (Fsp3) is 0.167. The number of alkyl halides is 4. The average molecular weight is 370 g/mol. The molecule has 134 valence electrons. The molecular formula is C12H4F10O2. The van der Waals surface area contributed by atoms with E-state index in [2.05, 4.69) is 9.47 Å². The summed E-state index contributed by atoms with van der Waals surface area (Å²) in [4.78, 5) is 0. The molecule has 0 N–H and O–H groups in total. The van der Waals surface area contributed by atoms with E-state index in [0.717, 1.165) is 0 Å². The molecule has 12 heteroatoms. The number of hydrogen-bond donors (Lipinski definition) is 0. The highest BCUT2D eigenvalue weighted by Gasteiger charge is 2.44. The molecular weight excluding hydrogens is 366 g/mol. The lowest BCUT2D eigenvalue weighted by Crippen LogP contribution is -2.27. The van der Waals surface area contributed by atoms with Gasteiger partial charge in [-0.1, -0.05) is 6.07 Å². The van der Waals surface area contributed by atoms with Gasteiger partial charge in [0.05, 0.1) is 0 Å². The van der Waals surface area contributed by atoms with Crippen molar-refractivity contribution in [2.75, 3.05) is 0 Å². The van der Waals surface area contributed by atoms with E-state index >= 15 is 0 Å². The van der Waals surface area contributed by atoms with Crippen LogP contribution in [0.1, 0.15) is 0 Å². The minimum absolute atomic E-state index is 0.189. The molecule has 0 aliphatic carbocycles. The largest absolute Gasteiger partial charge is 0.459 e. The van der Waals surface area contributed by atoms with Gasteiger partial charge in [-0.25, -0.2) is 0 Å². The molecule has 1 aromatic carbocycles. The number of benzene rings is 1. The maximum atomic E-state index is 13.0. The summed E-state index contributed by atoms with van der Waals surface area (Å²) in [6.45, 7) is 0. The molecule has 0 aliphatic heterocycles. The minimum atomic E-state index is -5.14. The second kappa shape index (κ2) is 7.01. The van der Waals surface area contributed by atoms with Crippen LogP contribution in [-0.2, 0) is 0 Å². The molecule has 0 unspecified atom stereocenters. The van der Waals surface area contributed by atoms with Gasteiger partial charge in [0.1, 0.15) is 11.5 Å². The third-order valence-corrected chi connectivity index (χ3v) is 2.14. The Bertz CT molecular complexity index is 606. The van der Waals surface area contributed by atoms with E-state index in [1.807, 2.05) is 0 Å². The summed E-state index contributed by atoms with van der Waals surface area (Å²) < 4.78 is 131. The lowest BCUT2D eigenvalue weighted by atomic mass is 10.3. The second-order valence-electron chi connectivity index (χ2n) is 3.86.